The molecule has 0 bridgehead atoms. The van der Waals surface area contributed by atoms with Gasteiger partial charge in [-0.25, -0.2) is 0 Å². The highest BCUT2D eigenvalue weighted by molar-refractivity contribution is 5.44. The van der Waals surface area contributed by atoms with Crippen LogP contribution in [0, 0.1) is 0 Å². The van der Waals surface area contributed by atoms with Crippen molar-refractivity contribution in [1.29, 1.82) is 0 Å². The molecule has 15 heavy (non-hydrogen) atoms. The SMILES string of the molecule is C=CCN(c1ccncc1)n1cccc1. The van der Waals surface area contributed by atoms with E-state index < -0.39 is 0 Å². The molecule has 0 unspecified atom stereocenters. The van der Waals surface area contributed by atoms with E-state index in [1.807, 2.05) is 47.4 Å². The van der Waals surface area contributed by atoms with E-state index in [2.05, 4.69) is 16.6 Å². The first kappa shape index (κ1) is 9.52. The summed E-state index contributed by atoms with van der Waals surface area (Å²) in [4.78, 5) is 4.01. The van der Waals surface area contributed by atoms with Crippen molar-refractivity contribution < 1.29 is 0 Å². The summed E-state index contributed by atoms with van der Waals surface area (Å²) in [6.07, 6.45) is 9.46. The van der Waals surface area contributed by atoms with E-state index in [0.29, 0.717) is 0 Å². The molecule has 0 aliphatic carbocycles. The quantitative estimate of drug-likeness (QED) is 0.705. The largest absolute Gasteiger partial charge is 0.278 e. The summed E-state index contributed by atoms with van der Waals surface area (Å²) in [7, 11) is 0. The lowest BCUT2D eigenvalue weighted by Gasteiger charge is -2.24. The smallest absolute Gasteiger partial charge is 0.0612 e. The second-order valence-corrected chi connectivity index (χ2v) is 3.14. The Morgan fingerprint density at radius 3 is 2.53 bits per heavy atom. The van der Waals surface area contributed by atoms with Crippen LogP contribution in [-0.2, 0) is 0 Å². The number of anilines is 1. The van der Waals surface area contributed by atoms with E-state index in [1.165, 1.54) is 0 Å². The van der Waals surface area contributed by atoms with Crippen molar-refractivity contribution in [3.05, 3.63) is 61.7 Å². The number of rotatable bonds is 4. The lowest BCUT2D eigenvalue weighted by molar-refractivity contribution is 0.741. The number of hydrogen-bond donors (Lipinski definition) is 0. The molecule has 0 saturated carbocycles. The fraction of sp³-hybridized carbons (Fsp3) is 0.0833. The predicted octanol–water partition coefficient (Wildman–Crippen LogP) is 2.34. The highest BCUT2D eigenvalue weighted by Crippen LogP contribution is 2.13. The fourth-order valence-corrected chi connectivity index (χ4v) is 1.46. The summed E-state index contributed by atoms with van der Waals surface area (Å²) in [5.74, 6) is 0. The first-order valence-corrected chi connectivity index (χ1v) is 4.83. The van der Waals surface area contributed by atoms with Gasteiger partial charge in [0.2, 0.25) is 0 Å². The van der Waals surface area contributed by atoms with Crippen LogP contribution in [0.3, 0.4) is 0 Å². The Kier molecular flexibility index (Phi) is 2.83. The van der Waals surface area contributed by atoms with Crippen molar-refractivity contribution in [1.82, 2.24) is 9.66 Å². The third kappa shape index (κ3) is 2.07. The fourth-order valence-electron chi connectivity index (χ4n) is 1.46. The summed E-state index contributed by atoms with van der Waals surface area (Å²) in [5, 5.41) is 2.11. The van der Waals surface area contributed by atoms with Gasteiger partial charge in [0.25, 0.3) is 0 Å². The Bertz CT molecular complexity index is 406. The van der Waals surface area contributed by atoms with E-state index in [4.69, 9.17) is 0 Å². The number of hydrogen-bond acceptors (Lipinski definition) is 2. The van der Waals surface area contributed by atoms with Crippen molar-refractivity contribution >= 4 is 5.69 Å². The summed E-state index contributed by atoms with van der Waals surface area (Å²) in [6, 6.07) is 7.95. The third-order valence-corrected chi connectivity index (χ3v) is 2.13. The molecular formula is C12H13N3. The highest BCUT2D eigenvalue weighted by atomic mass is 15.5. The normalized spacial score (nSPS) is 9.87. The lowest BCUT2D eigenvalue weighted by Crippen LogP contribution is -2.28. The van der Waals surface area contributed by atoms with Crippen molar-refractivity contribution in [2.75, 3.05) is 11.6 Å². The first-order chi connectivity index (χ1) is 7.42. The van der Waals surface area contributed by atoms with Gasteiger partial charge in [0, 0.05) is 24.8 Å². The van der Waals surface area contributed by atoms with Crippen LogP contribution in [0.4, 0.5) is 5.69 Å². The number of pyridine rings is 1. The van der Waals surface area contributed by atoms with Crippen LogP contribution in [-0.4, -0.2) is 16.2 Å². The summed E-state index contributed by atoms with van der Waals surface area (Å²) < 4.78 is 2.02. The molecule has 0 aliphatic heterocycles. The molecule has 0 fully saturated rings. The van der Waals surface area contributed by atoms with E-state index in [0.717, 1.165) is 12.2 Å². The van der Waals surface area contributed by atoms with Crippen LogP contribution in [0.25, 0.3) is 0 Å². The van der Waals surface area contributed by atoms with E-state index in [-0.39, 0.29) is 0 Å². The van der Waals surface area contributed by atoms with Gasteiger partial charge >= 0.3 is 0 Å². The van der Waals surface area contributed by atoms with Crippen LogP contribution in [0.1, 0.15) is 0 Å². The zero-order valence-electron chi connectivity index (χ0n) is 8.45. The molecule has 3 nitrogen and oxygen atoms in total. The number of nitrogens with zero attached hydrogens (tertiary/aromatic N) is 3. The molecule has 0 spiro atoms. The Morgan fingerprint density at radius 2 is 1.93 bits per heavy atom. The predicted molar refractivity (Wildman–Crippen MR) is 61.6 cm³/mol. The van der Waals surface area contributed by atoms with Crippen molar-refractivity contribution in [3.63, 3.8) is 0 Å². The summed E-state index contributed by atoms with van der Waals surface area (Å²) >= 11 is 0. The molecule has 0 atom stereocenters. The van der Waals surface area contributed by atoms with Gasteiger partial charge in [-0.2, -0.15) is 0 Å². The van der Waals surface area contributed by atoms with E-state index in [9.17, 15) is 0 Å². The molecule has 0 radical (unpaired) electrons. The standard InChI is InChI=1S/C12H13N3/c1-2-9-15(14-10-3-4-11-14)12-5-7-13-8-6-12/h2-8,10-11H,1,9H2. The van der Waals surface area contributed by atoms with Gasteiger partial charge in [-0.05, 0) is 24.3 Å². The van der Waals surface area contributed by atoms with Crippen LogP contribution in [0.5, 0.6) is 0 Å². The second kappa shape index (κ2) is 4.46. The number of aromatic nitrogens is 2. The molecule has 2 aromatic heterocycles. The molecule has 0 N–H and O–H groups in total. The highest BCUT2D eigenvalue weighted by Gasteiger charge is 2.04. The van der Waals surface area contributed by atoms with Crippen molar-refractivity contribution in [3.8, 4) is 0 Å². The van der Waals surface area contributed by atoms with Gasteiger partial charge in [-0.1, -0.05) is 6.08 Å². The van der Waals surface area contributed by atoms with Crippen LogP contribution < -0.4 is 5.01 Å². The minimum absolute atomic E-state index is 0.763. The van der Waals surface area contributed by atoms with E-state index in [1.54, 1.807) is 12.4 Å². The average molecular weight is 199 g/mol. The molecule has 2 heterocycles. The van der Waals surface area contributed by atoms with Crippen LogP contribution in [0.2, 0.25) is 0 Å². The van der Waals surface area contributed by atoms with Gasteiger partial charge in [0.1, 0.15) is 0 Å². The minimum atomic E-state index is 0.763. The average Bonchev–Trinajstić information content (AvgIpc) is 2.80. The Balaban J connectivity index is 2.32. The molecule has 0 aromatic carbocycles. The second-order valence-electron chi connectivity index (χ2n) is 3.14. The van der Waals surface area contributed by atoms with Crippen LogP contribution in [0.15, 0.2) is 61.7 Å². The maximum atomic E-state index is 4.01. The third-order valence-electron chi connectivity index (χ3n) is 2.13. The summed E-state index contributed by atoms with van der Waals surface area (Å²) in [6.45, 7) is 4.53. The van der Waals surface area contributed by atoms with Gasteiger partial charge in [0.05, 0.1) is 12.2 Å². The summed E-state index contributed by atoms with van der Waals surface area (Å²) in [5.41, 5.74) is 1.10. The maximum Gasteiger partial charge on any atom is 0.0612 e. The zero-order valence-corrected chi connectivity index (χ0v) is 8.45. The molecule has 3 heteroatoms. The molecular weight excluding hydrogens is 186 g/mol. The van der Waals surface area contributed by atoms with Gasteiger partial charge in [-0.3, -0.25) is 14.7 Å². The topological polar surface area (TPSA) is 21.1 Å². The Morgan fingerprint density at radius 1 is 1.27 bits per heavy atom. The maximum absolute atomic E-state index is 4.01. The van der Waals surface area contributed by atoms with Gasteiger partial charge < -0.3 is 0 Å². The molecule has 76 valence electrons. The monoisotopic (exact) mass is 199 g/mol. The molecule has 2 rings (SSSR count). The minimum Gasteiger partial charge on any atom is -0.278 e. The van der Waals surface area contributed by atoms with Crippen molar-refractivity contribution in [2.45, 2.75) is 0 Å². The Labute approximate surface area is 89.3 Å². The van der Waals surface area contributed by atoms with Gasteiger partial charge in [0.15, 0.2) is 0 Å². The molecule has 0 aliphatic rings. The van der Waals surface area contributed by atoms with Gasteiger partial charge in [-0.15, -0.1) is 6.58 Å². The lowest BCUT2D eigenvalue weighted by atomic mass is 10.4. The molecule has 0 amide bonds. The zero-order chi connectivity index (χ0) is 10.5. The molecule has 2 aromatic rings. The van der Waals surface area contributed by atoms with Crippen LogP contribution >= 0.6 is 0 Å². The van der Waals surface area contributed by atoms with Crippen molar-refractivity contribution in [2.24, 2.45) is 0 Å². The Hall–Kier alpha value is -2.03. The molecule has 0 saturated heterocycles. The first-order valence-electron chi connectivity index (χ1n) is 4.83. The van der Waals surface area contributed by atoms with E-state index >= 15 is 0 Å².